The largest absolute Gasteiger partial charge is 0.379 e. The zero-order valence-corrected chi connectivity index (χ0v) is 24.8. The van der Waals surface area contributed by atoms with Gasteiger partial charge in [0.15, 0.2) is 12.0 Å². The van der Waals surface area contributed by atoms with E-state index >= 15 is 0 Å². The summed E-state index contributed by atoms with van der Waals surface area (Å²) in [5, 5.41) is 8.11. The number of fused-ring (bicyclic) bond motifs is 1. The van der Waals surface area contributed by atoms with E-state index in [1.165, 1.54) is 12.3 Å². The zero-order chi connectivity index (χ0) is 30.7. The molecule has 2 atom stereocenters. The molecule has 1 aliphatic heterocycles. The molecule has 1 saturated heterocycles. The summed E-state index contributed by atoms with van der Waals surface area (Å²) in [6, 6.07) is 11.5. The summed E-state index contributed by atoms with van der Waals surface area (Å²) in [6.07, 6.45) is 7.27. The highest BCUT2D eigenvalue weighted by atomic mass is 35.5. The molecule has 11 heteroatoms. The number of rotatable bonds is 8. The van der Waals surface area contributed by atoms with Crippen LogP contribution in [0.3, 0.4) is 0 Å². The molecular weight excluding hydrogens is 576 g/mol. The van der Waals surface area contributed by atoms with E-state index in [4.69, 9.17) is 22.1 Å². The molecule has 0 radical (unpaired) electrons. The molecule has 2 aliphatic rings. The Morgan fingerprint density at radius 1 is 1.21 bits per heavy atom. The number of nitrogens with one attached hydrogen (secondary N) is 2. The van der Waals surface area contributed by atoms with Gasteiger partial charge in [-0.1, -0.05) is 42.0 Å². The maximum absolute atomic E-state index is 14.2. The fourth-order valence-corrected chi connectivity index (χ4v) is 5.37. The highest BCUT2D eigenvalue weighted by Crippen LogP contribution is 2.27. The number of carbonyl (C=O) groups excluding carboxylic acids is 2. The number of benzene rings is 1. The first-order valence-corrected chi connectivity index (χ1v) is 14.5. The molecular formula is C32H34ClF2N5O3. The van der Waals surface area contributed by atoms with Crippen LogP contribution in [-0.4, -0.2) is 40.2 Å². The third kappa shape index (κ3) is 7.04. The number of allylic oxidation sites excluding steroid dienone is 2. The van der Waals surface area contributed by atoms with Gasteiger partial charge in [-0.3, -0.25) is 20.3 Å². The van der Waals surface area contributed by atoms with Crippen molar-refractivity contribution in [3.8, 4) is 11.3 Å². The minimum atomic E-state index is -2.08. The summed E-state index contributed by atoms with van der Waals surface area (Å²) in [5.41, 5.74) is 6.23. The summed E-state index contributed by atoms with van der Waals surface area (Å²) in [7, 11) is 0. The number of nitrogens with two attached hydrogens (primary N) is 1. The predicted molar refractivity (Wildman–Crippen MR) is 162 cm³/mol. The van der Waals surface area contributed by atoms with E-state index in [-0.39, 0.29) is 23.8 Å². The molecule has 2 amide bonds. The normalized spacial score (nSPS) is 20.2. The molecule has 3 heterocycles. The highest BCUT2D eigenvalue weighted by Gasteiger charge is 2.27. The SMILES string of the molecule is CC(C)(F)C(=O)NCc1cnc(C(N)F)c(C(=O)N/C2=C/C/C=c3\c(cc(-c4ccc(Cl)cc4)n3[C@@H]3CCOC3)=C/C2)c1. The average Bonchev–Trinajstić information content (AvgIpc) is 3.61. The Labute approximate surface area is 253 Å². The first-order valence-electron chi connectivity index (χ1n) is 14.1. The fourth-order valence-electron chi connectivity index (χ4n) is 5.24. The van der Waals surface area contributed by atoms with Crippen molar-refractivity contribution >= 4 is 35.6 Å². The third-order valence-electron chi connectivity index (χ3n) is 7.48. The quantitative estimate of drug-likeness (QED) is 0.333. The molecule has 0 bridgehead atoms. The van der Waals surface area contributed by atoms with Crippen molar-refractivity contribution in [2.24, 2.45) is 5.73 Å². The zero-order valence-electron chi connectivity index (χ0n) is 24.0. The van der Waals surface area contributed by atoms with Crippen LogP contribution in [0.25, 0.3) is 23.4 Å². The topological polar surface area (TPSA) is 111 Å². The Morgan fingerprint density at radius 2 is 1.98 bits per heavy atom. The summed E-state index contributed by atoms with van der Waals surface area (Å²) < 4.78 is 36.2. The Hall–Kier alpha value is -3.86. The highest BCUT2D eigenvalue weighted by molar-refractivity contribution is 6.30. The van der Waals surface area contributed by atoms with Gasteiger partial charge in [-0.25, -0.2) is 8.78 Å². The first-order chi connectivity index (χ1) is 20.5. The molecule has 8 nitrogen and oxygen atoms in total. The van der Waals surface area contributed by atoms with Crippen LogP contribution in [0.15, 0.2) is 54.4 Å². The van der Waals surface area contributed by atoms with Crippen molar-refractivity contribution in [3.05, 3.63) is 86.8 Å². The van der Waals surface area contributed by atoms with Gasteiger partial charge >= 0.3 is 0 Å². The minimum Gasteiger partial charge on any atom is -0.379 e. The van der Waals surface area contributed by atoms with E-state index < -0.39 is 23.8 Å². The molecule has 0 saturated carbocycles. The van der Waals surface area contributed by atoms with Gasteiger partial charge in [0.2, 0.25) is 0 Å². The number of pyridine rings is 1. The van der Waals surface area contributed by atoms with Gasteiger partial charge in [0, 0.05) is 47.5 Å². The lowest BCUT2D eigenvalue weighted by Crippen LogP contribution is -2.38. The van der Waals surface area contributed by atoms with Crippen LogP contribution in [-0.2, 0) is 16.1 Å². The lowest BCUT2D eigenvalue weighted by molar-refractivity contribution is -0.130. The second kappa shape index (κ2) is 12.8. The average molecular weight is 610 g/mol. The Bertz CT molecular complexity index is 1670. The lowest BCUT2D eigenvalue weighted by atomic mass is 10.1. The number of carbonyl (C=O) groups is 2. The molecule has 0 spiro atoms. The monoisotopic (exact) mass is 609 g/mol. The van der Waals surface area contributed by atoms with Crippen molar-refractivity contribution < 1.29 is 23.1 Å². The molecule has 1 aliphatic carbocycles. The summed E-state index contributed by atoms with van der Waals surface area (Å²) in [6.45, 7) is 3.53. The van der Waals surface area contributed by atoms with Crippen molar-refractivity contribution in [2.75, 3.05) is 13.2 Å². The summed E-state index contributed by atoms with van der Waals surface area (Å²) in [5.74, 6) is -1.40. The molecule has 2 aromatic heterocycles. The van der Waals surface area contributed by atoms with Crippen LogP contribution in [0.2, 0.25) is 5.02 Å². The molecule has 226 valence electrons. The fraction of sp³-hybridized carbons (Fsp3) is 0.344. The van der Waals surface area contributed by atoms with Crippen molar-refractivity contribution in [2.45, 2.75) is 57.7 Å². The number of aromatic nitrogens is 2. The third-order valence-corrected chi connectivity index (χ3v) is 7.74. The van der Waals surface area contributed by atoms with Crippen molar-refractivity contribution in [3.63, 3.8) is 0 Å². The molecule has 1 aromatic carbocycles. The van der Waals surface area contributed by atoms with E-state index in [9.17, 15) is 18.4 Å². The van der Waals surface area contributed by atoms with Gasteiger partial charge in [0.25, 0.3) is 11.8 Å². The van der Waals surface area contributed by atoms with E-state index in [2.05, 4.69) is 32.3 Å². The number of alkyl halides is 2. The van der Waals surface area contributed by atoms with Gasteiger partial charge in [0.1, 0.15) is 5.69 Å². The summed E-state index contributed by atoms with van der Waals surface area (Å²) >= 11 is 6.15. The van der Waals surface area contributed by atoms with E-state index in [0.29, 0.717) is 42.3 Å². The molecule has 3 aromatic rings. The van der Waals surface area contributed by atoms with E-state index in [1.807, 2.05) is 36.4 Å². The number of ether oxygens (including phenoxy) is 1. The van der Waals surface area contributed by atoms with Crippen LogP contribution >= 0.6 is 11.6 Å². The first kappa shape index (κ1) is 30.6. The van der Waals surface area contributed by atoms with Crippen LogP contribution in [0.4, 0.5) is 8.78 Å². The van der Waals surface area contributed by atoms with Gasteiger partial charge in [-0.2, -0.15) is 0 Å². The maximum atomic E-state index is 14.2. The molecule has 5 rings (SSSR count). The smallest absolute Gasteiger partial charge is 0.257 e. The van der Waals surface area contributed by atoms with Gasteiger partial charge in [0.05, 0.1) is 18.2 Å². The standard InChI is InChI=1S/C32H34ClF2N5O3/c1-32(2,35)31(42)38-17-19-14-25(28(29(34)36)37-16-19)30(41)39-23-4-3-5-26-21(8-11-23)15-27(20-6-9-22(33)10-7-20)40(26)24-12-13-43-18-24/h4-10,14-16,24,29H,3,11-13,17-18,36H2,1-2H3,(H,38,42)(H,39,41)/b21-8-,23-4+,26-5+/t24-,29?/m1/s1. The van der Waals surface area contributed by atoms with Crippen LogP contribution in [0.5, 0.6) is 0 Å². The van der Waals surface area contributed by atoms with Crippen molar-refractivity contribution in [1.82, 2.24) is 20.2 Å². The van der Waals surface area contributed by atoms with Crippen LogP contribution in [0.1, 0.15) is 67.1 Å². The van der Waals surface area contributed by atoms with E-state index in [0.717, 1.165) is 42.1 Å². The van der Waals surface area contributed by atoms with Gasteiger partial charge in [-0.05, 0) is 67.3 Å². The Morgan fingerprint density at radius 3 is 2.65 bits per heavy atom. The summed E-state index contributed by atoms with van der Waals surface area (Å²) in [4.78, 5) is 29.3. The molecule has 43 heavy (non-hydrogen) atoms. The maximum Gasteiger partial charge on any atom is 0.257 e. The second-order valence-electron chi connectivity index (χ2n) is 11.1. The van der Waals surface area contributed by atoms with Gasteiger partial charge in [-0.15, -0.1) is 0 Å². The number of amides is 2. The Kier molecular flexibility index (Phi) is 9.10. The van der Waals surface area contributed by atoms with E-state index in [1.54, 1.807) is 0 Å². The lowest BCUT2D eigenvalue weighted by Gasteiger charge is -2.17. The number of nitrogens with zero attached hydrogens (tertiary/aromatic N) is 2. The molecule has 4 N–H and O–H groups in total. The van der Waals surface area contributed by atoms with Crippen molar-refractivity contribution in [1.29, 1.82) is 0 Å². The molecule has 1 unspecified atom stereocenters. The second-order valence-corrected chi connectivity index (χ2v) is 11.6. The van der Waals surface area contributed by atoms with Gasteiger partial charge < -0.3 is 19.9 Å². The number of hydrogen-bond donors (Lipinski definition) is 3. The minimum absolute atomic E-state index is 0.0636. The molecule has 1 fully saturated rings. The van der Waals surface area contributed by atoms with Crippen LogP contribution < -0.4 is 26.9 Å². The predicted octanol–water partition coefficient (Wildman–Crippen LogP) is 4.12. The number of hydrogen-bond acceptors (Lipinski definition) is 5. The number of halogens is 3. The Balaban J connectivity index is 1.40. The van der Waals surface area contributed by atoms with Crippen LogP contribution in [0, 0.1) is 0 Å².